The van der Waals surface area contributed by atoms with Crippen LogP contribution in [0.2, 0.25) is 0 Å². The van der Waals surface area contributed by atoms with Crippen molar-refractivity contribution < 1.29 is 0 Å². The second kappa shape index (κ2) is 7.35. The first-order valence-corrected chi connectivity index (χ1v) is 5.19. The largest absolute Gasteiger partial charge is 0.363 e. The van der Waals surface area contributed by atoms with Crippen molar-refractivity contribution in [3.63, 3.8) is 0 Å². The van der Waals surface area contributed by atoms with Gasteiger partial charge in [0.05, 0.1) is 0 Å². The molecular formula is C9H20N2S. The van der Waals surface area contributed by atoms with Gasteiger partial charge in [0, 0.05) is 19.6 Å². The van der Waals surface area contributed by atoms with Crippen LogP contribution in [0.4, 0.5) is 0 Å². The normalized spacial score (nSPS) is 9.58. The molecule has 0 saturated heterocycles. The van der Waals surface area contributed by atoms with Gasteiger partial charge in [-0.25, -0.2) is 0 Å². The standard InChI is InChI=1S/C9H20N2S/c1-4-7-11(8-5-2)9(12)10-6-3/h4-8H2,1-3H3,(H,10,12). The van der Waals surface area contributed by atoms with Crippen molar-refractivity contribution in [3.05, 3.63) is 0 Å². The van der Waals surface area contributed by atoms with Crippen LogP contribution in [0.15, 0.2) is 0 Å². The Morgan fingerprint density at radius 1 is 1.17 bits per heavy atom. The van der Waals surface area contributed by atoms with Crippen molar-refractivity contribution in [2.45, 2.75) is 33.6 Å². The maximum atomic E-state index is 5.22. The minimum absolute atomic E-state index is 0.904. The molecular weight excluding hydrogens is 168 g/mol. The highest BCUT2D eigenvalue weighted by molar-refractivity contribution is 7.80. The fraction of sp³-hybridized carbons (Fsp3) is 0.889. The Morgan fingerprint density at radius 2 is 1.67 bits per heavy atom. The average Bonchev–Trinajstić information content (AvgIpc) is 2.04. The van der Waals surface area contributed by atoms with E-state index in [4.69, 9.17) is 12.2 Å². The molecule has 0 aliphatic heterocycles. The maximum absolute atomic E-state index is 5.22. The van der Waals surface area contributed by atoms with Crippen LogP contribution in [0.25, 0.3) is 0 Å². The second-order valence-corrected chi connectivity index (χ2v) is 3.21. The van der Waals surface area contributed by atoms with Gasteiger partial charge in [0.25, 0.3) is 0 Å². The summed E-state index contributed by atoms with van der Waals surface area (Å²) in [5.74, 6) is 0. The van der Waals surface area contributed by atoms with Gasteiger partial charge in [0.1, 0.15) is 0 Å². The Kier molecular flexibility index (Phi) is 7.16. The predicted molar refractivity (Wildman–Crippen MR) is 58.4 cm³/mol. The number of hydrogen-bond acceptors (Lipinski definition) is 1. The van der Waals surface area contributed by atoms with Gasteiger partial charge < -0.3 is 10.2 Å². The zero-order chi connectivity index (χ0) is 9.40. The number of hydrogen-bond donors (Lipinski definition) is 1. The average molecular weight is 188 g/mol. The number of nitrogens with zero attached hydrogens (tertiary/aromatic N) is 1. The third kappa shape index (κ3) is 4.54. The lowest BCUT2D eigenvalue weighted by atomic mass is 10.4. The van der Waals surface area contributed by atoms with Gasteiger partial charge in [-0.2, -0.15) is 0 Å². The summed E-state index contributed by atoms with van der Waals surface area (Å²) in [6.07, 6.45) is 2.32. The van der Waals surface area contributed by atoms with E-state index in [0.29, 0.717) is 0 Å². The lowest BCUT2D eigenvalue weighted by molar-refractivity contribution is 0.411. The van der Waals surface area contributed by atoms with Gasteiger partial charge in [-0.05, 0) is 32.0 Å². The molecule has 0 aromatic heterocycles. The lowest BCUT2D eigenvalue weighted by Crippen LogP contribution is -2.40. The van der Waals surface area contributed by atoms with Crippen LogP contribution < -0.4 is 5.32 Å². The third-order valence-electron chi connectivity index (χ3n) is 1.60. The molecule has 2 nitrogen and oxygen atoms in total. The summed E-state index contributed by atoms with van der Waals surface area (Å²) in [7, 11) is 0. The summed E-state index contributed by atoms with van der Waals surface area (Å²) in [5.41, 5.74) is 0. The molecule has 0 saturated carbocycles. The first-order valence-electron chi connectivity index (χ1n) is 4.79. The summed E-state index contributed by atoms with van der Waals surface area (Å²) in [6.45, 7) is 9.49. The monoisotopic (exact) mass is 188 g/mol. The molecule has 72 valence electrons. The zero-order valence-electron chi connectivity index (χ0n) is 8.39. The van der Waals surface area contributed by atoms with Crippen molar-refractivity contribution in [3.8, 4) is 0 Å². The fourth-order valence-corrected chi connectivity index (χ4v) is 1.44. The summed E-state index contributed by atoms with van der Waals surface area (Å²) in [5, 5.41) is 4.08. The van der Waals surface area contributed by atoms with Crippen LogP contribution in [0.5, 0.6) is 0 Å². The van der Waals surface area contributed by atoms with Crippen LogP contribution in [-0.4, -0.2) is 29.6 Å². The zero-order valence-corrected chi connectivity index (χ0v) is 9.21. The van der Waals surface area contributed by atoms with Crippen LogP contribution in [0, 0.1) is 0 Å². The predicted octanol–water partition coefficient (Wildman–Crippen LogP) is 2.00. The van der Waals surface area contributed by atoms with E-state index in [9.17, 15) is 0 Å². The Morgan fingerprint density at radius 3 is 2.00 bits per heavy atom. The van der Waals surface area contributed by atoms with Crippen LogP contribution >= 0.6 is 12.2 Å². The van der Waals surface area contributed by atoms with Crippen molar-refractivity contribution in [1.29, 1.82) is 0 Å². The molecule has 0 heterocycles. The Bertz CT molecular complexity index is 120. The number of nitrogens with one attached hydrogen (secondary N) is 1. The Labute approximate surface area is 81.3 Å². The van der Waals surface area contributed by atoms with Gasteiger partial charge >= 0.3 is 0 Å². The molecule has 0 amide bonds. The van der Waals surface area contributed by atoms with E-state index in [2.05, 4.69) is 31.0 Å². The van der Waals surface area contributed by atoms with E-state index in [1.54, 1.807) is 0 Å². The molecule has 0 bridgehead atoms. The van der Waals surface area contributed by atoms with E-state index in [1.165, 1.54) is 0 Å². The summed E-state index contributed by atoms with van der Waals surface area (Å²) in [4.78, 5) is 2.23. The molecule has 0 radical (unpaired) electrons. The van der Waals surface area contributed by atoms with E-state index >= 15 is 0 Å². The molecule has 0 unspecified atom stereocenters. The highest BCUT2D eigenvalue weighted by Crippen LogP contribution is 1.94. The minimum atomic E-state index is 0.904. The van der Waals surface area contributed by atoms with Gasteiger partial charge in [0.15, 0.2) is 5.11 Å². The van der Waals surface area contributed by atoms with Gasteiger partial charge in [0.2, 0.25) is 0 Å². The quantitative estimate of drug-likeness (QED) is 0.664. The van der Waals surface area contributed by atoms with E-state index < -0.39 is 0 Å². The summed E-state index contributed by atoms with van der Waals surface area (Å²) < 4.78 is 0. The molecule has 0 atom stereocenters. The summed E-state index contributed by atoms with van der Waals surface area (Å²) in [6, 6.07) is 0. The van der Waals surface area contributed by atoms with Gasteiger partial charge in [-0.1, -0.05) is 13.8 Å². The van der Waals surface area contributed by atoms with Crippen molar-refractivity contribution >= 4 is 17.3 Å². The molecule has 0 aromatic rings. The topological polar surface area (TPSA) is 15.3 Å². The molecule has 0 aromatic carbocycles. The fourth-order valence-electron chi connectivity index (χ4n) is 1.12. The van der Waals surface area contributed by atoms with Crippen LogP contribution in [0.1, 0.15) is 33.6 Å². The van der Waals surface area contributed by atoms with E-state index in [1.807, 2.05) is 0 Å². The van der Waals surface area contributed by atoms with Crippen molar-refractivity contribution in [1.82, 2.24) is 10.2 Å². The lowest BCUT2D eigenvalue weighted by Gasteiger charge is -2.24. The highest BCUT2D eigenvalue weighted by atomic mass is 32.1. The molecule has 1 N–H and O–H groups in total. The highest BCUT2D eigenvalue weighted by Gasteiger charge is 2.04. The van der Waals surface area contributed by atoms with E-state index in [-0.39, 0.29) is 0 Å². The molecule has 0 rings (SSSR count). The molecule has 3 heteroatoms. The third-order valence-corrected chi connectivity index (χ3v) is 2.00. The van der Waals surface area contributed by atoms with Crippen LogP contribution in [-0.2, 0) is 0 Å². The van der Waals surface area contributed by atoms with Gasteiger partial charge in [-0.3, -0.25) is 0 Å². The van der Waals surface area contributed by atoms with E-state index in [0.717, 1.165) is 37.6 Å². The first-order chi connectivity index (χ1) is 5.76. The Balaban J connectivity index is 3.81. The SMILES string of the molecule is CCCN(CCC)C(=S)NCC. The first kappa shape index (κ1) is 11.7. The molecule has 0 aliphatic rings. The number of thiocarbonyl (C=S) groups is 1. The van der Waals surface area contributed by atoms with Gasteiger partial charge in [-0.15, -0.1) is 0 Å². The molecule has 12 heavy (non-hydrogen) atoms. The molecule has 0 spiro atoms. The van der Waals surface area contributed by atoms with Crippen molar-refractivity contribution in [2.24, 2.45) is 0 Å². The number of rotatable bonds is 5. The smallest absolute Gasteiger partial charge is 0.168 e. The molecule has 0 fully saturated rings. The Hall–Kier alpha value is -0.310. The minimum Gasteiger partial charge on any atom is -0.363 e. The van der Waals surface area contributed by atoms with Crippen LogP contribution in [0.3, 0.4) is 0 Å². The molecule has 0 aliphatic carbocycles. The van der Waals surface area contributed by atoms with Crippen molar-refractivity contribution in [2.75, 3.05) is 19.6 Å². The second-order valence-electron chi connectivity index (χ2n) is 2.82. The summed E-state index contributed by atoms with van der Waals surface area (Å²) >= 11 is 5.22. The maximum Gasteiger partial charge on any atom is 0.168 e.